The summed E-state index contributed by atoms with van der Waals surface area (Å²) < 4.78 is 0. The lowest BCUT2D eigenvalue weighted by molar-refractivity contribution is 0.767. The molecule has 0 radical (unpaired) electrons. The highest BCUT2D eigenvalue weighted by molar-refractivity contribution is 5.98. The van der Waals surface area contributed by atoms with E-state index in [9.17, 15) is 0 Å². The number of rotatable bonds is 9. The first-order chi connectivity index (χ1) is 21.5. The predicted molar refractivity (Wildman–Crippen MR) is 190 cm³/mol. The molecule has 0 saturated heterocycles. The second kappa shape index (κ2) is 11.7. The van der Waals surface area contributed by atoms with Gasteiger partial charge in [0.15, 0.2) is 0 Å². The highest BCUT2D eigenvalue weighted by Crippen LogP contribution is 2.59. The van der Waals surface area contributed by atoms with Crippen LogP contribution in [0, 0.1) is 13.8 Å². The monoisotopic (exact) mass is 567 g/mol. The number of anilines is 2. The summed E-state index contributed by atoms with van der Waals surface area (Å²) in [7, 11) is 0. The van der Waals surface area contributed by atoms with E-state index >= 15 is 0 Å². The van der Waals surface area contributed by atoms with Crippen molar-refractivity contribution in [3.05, 3.63) is 204 Å². The lowest BCUT2D eigenvalue weighted by Gasteiger charge is -2.36. The Bertz CT molecular complexity index is 1880. The van der Waals surface area contributed by atoms with Crippen molar-refractivity contribution < 1.29 is 0 Å². The van der Waals surface area contributed by atoms with Gasteiger partial charge in [-0.25, -0.2) is 0 Å². The molecule has 0 amide bonds. The van der Waals surface area contributed by atoms with Crippen LogP contribution in [-0.2, 0) is 5.41 Å². The SMILES string of the molecule is C=C/C=C(\C=C)N(c1ccc(C)cc1)c1cc2c(c(C=C)c1C=C)-c1ccc(C)cc1C2(c1ccccc1)c1ccccc1. The van der Waals surface area contributed by atoms with Gasteiger partial charge in [0.2, 0.25) is 0 Å². The standard InChI is InChI=1S/C43H37N/c1-7-17-34(8-2)44(35-25-22-30(5)23-26-35)41-29-40-42(37(10-4)36(41)9-3)38-27-24-31(6)28-39(38)43(40,32-18-13-11-14-19-32)33-20-15-12-16-21-33/h7-29H,1-4H2,5-6H3/b34-17+. The topological polar surface area (TPSA) is 3.24 Å². The van der Waals surface area contributed by atoms with Crippen LogP contribution in [0.5, 0.6) is 0 Å². The maximum Gasteiger partial charge on any atom is 0.0714 e. The van der Waals surface area contributed by atoms with E-state index in [-0.39, 0.29) is 0 Å². The van der Waals surface area contributed by atoms with Crippen LogP contribution in [-0.4, -0.2) is 0 Å². The van der Waals surface area contributed by atoms with Crippen LogP contribution in [0.4, 0.5) is 11.4 Å². The van der Waals surface area contributed by atoms with Crippen molar-refractivity contribution in [2.24, 2.45) is 0 Å². The molecule has 0 aromatic heterocycles. The number of hydrogen-bond donors (Lipinski definition) is 0. The van der Waals surface area contributed by atoms with Gasteiger partial charge in [-0.05, 0) is 83.1 Å². The molecule has 0 bridgehead atoms. The van der Waals surface area contributed by atoms with Crippen LogP contribution in [0.1, 0.15) is 44.5 Å². The molecule has 1 aliphatic rings. The summed E-state index contributed by atoms with van der Waals surface area (Å²) in [6, 6.07) is 39.6. The minimum atomic E-state index is -0.555. The molecule has 0 saturated carbocycles. The van der Waals surface area contributed by atoms with Crippen LogP contribution in [0.3, 0.4) is 0 Å². The first-order valence-corrected chi connectivity index (χ1v) is 15.0. The van der Waals surface area contributed by atoms with E-state index in [4.69, 9.17) is 0 Å². The molecule has 0 spiro atoms. The smallest absolute Gasteiger partial charge is 0.0714 e. The number of fused-ring (bicyclic) bond motifs is 3. The highest BCUT2D eigenvalue weighted by atomic mass is 15.1. The predicted octanol–water partition coefficient (Wildman–Crippen LogP) is 11.3. The van der Waals surface area contributed by atoms with E-state index in [1.807, 2.05) is 30.4 Å². The molecule has 0 N–H and O–H groups in total. The van der Waals surface area contributed by atoms with Crippen LogP contribution >= 0.6 is 0 Å². The molecular weight excluding hydrogens is 530 g/mol. The quantitative estimate of drug-likeness (QED) is 0.157. The molecule has 5 aromatic rings. The molecule has 44 heavy (non-hydrogen) atoms. The summed E-state index contributed by atoms with van der Waals surface area (Å²) in [5.41, 5.74) is 14.2. The summed E-state index contributed by atoms with van der Waals surface area (Å²) in [5.74, 6) is 0. The Morgan fingerprint density at radius 3 is 1.77 bits per heavy atom. The number of allylic oxidation sites excluding steroid dienone is 3. The lowest BCUT2D eigenvalue weighted by atomic mass is 9.67. The van der Waals surface area contributed by atoms with Gasteiger partial charge in [-0.2, -0.15) is 0 Å². The van der Waals surface area contributed by atoms with E-state index in [1.54, 1.807) is 0 Å². The van der Waals surface area contributed by atoms with Gasteiger partial charge in [-0.1, -0.05) is 147 Å². The van der Waals surface area contributed by atoms with Crippen molar-refractivity contribution in [1.82, 2.24) is 0 Å². The van der Waals surface area contributed by atoms with Crippen molar-refractivity contribution >= 4 is 23.5 Å². The average Bonchev–Trinajstić information content (AvgIpc) is 3.35. The van der Waals surface area contributed by atoms with E-state index in [0.717, 1.165) is 28.2 Å². The highest BCUT2D eigenvalue weighted by Gasteiger charge is 2.47. The Morgan fingerprint density at radius 2 is 1.23 bits per heavy atom. The zero-order valence-corrected chi connectivity index (χ0v) is 25.6. The van der Waals surface area contributed by atoms with Crippen molar-refractivity contribution in [2.45, 2.75) is 19.3 Å². The Labute approximate surface area is 262 Å². The van der Waals surface area contributed by atoms with E-state index < -0.39 is 5.41 Å². The summed E-state index contributed by atoms with van der Waals surface area (Å²) in [6.45, 7) is 21.2. The Kier molecular flexibility index (Phi) is 7.64. The molecule has 1 nitrogen and oxygen atoms in total. The van der Waals surface area contributed by atoms with Gasteiger partial charge in [0.05, 0.1) is 11.1 Å². The third kappa shape index (κ3) is 4.41. The summed E-state index contributed by atoms with van der Waals surface area (Å²) in [6.07, 6.45) is 9.65. The van der Waals surface area contributed by atoms with Gasteiger partial charge in [0, 0.05) is 16.9 Å². The number of hydrogen-bond acceptors (Lipinski definition) is 1. The van der Waals surface area contributed by atoms with Gasteiger partial charge < -0.3 is 4.90 Å². The van der Waals surface area contributed by atoms with E-state index in [1.165, 1.54) is 44.5 Å². The summed E-state index contributed by atoms with van der Waals surface area (Å²) in [5, 5.41) is 0. The second-order valence-electron chi connectivity index (χ2n) is 11.3. The fraction of sp³-hybridized carbons (Fsp3) is 0.0698. The summed E-state index contributed by atoms with van der Waals surface area (Å²) in [4.78, 5) is 2.26. The Balaban J connectivity index is 1.83. The van der Waals surface area contributed by atoms with Gasteiger partial charge in [0.25, 0.3) is 0 Å². The maximum absolute atomic E-state index is 4.37. The van der Waals surface area contributed by atoms with Gasteiger partial charge >= 0.3 is 0 Å². The van der Waals surface area contributed by atoms with Gasteiger partial charge in [-0.15, -0.1) is 0 Å². The molecule has 5 aromatic carbocycles. The molecule has 6 rings (SSSR count). The fourth-order valence-corrected chi connectivity index (χ4v) is 6.87. The van der Waals surface area contributed by atoms with E-state index in [2.05, 4.69) is 154 Å². The largest absolute Gasteiger partial charge is 0.310 e. The van der Waals surface area contributed by atoms with Gasteiger partial charge in [-0.3, -0.25) is 0 Å². The molecule has 0 atom stereocenters. The fourth-order valence-electron chi connectivity index (χ4n) is 6.87. The lowest BCUT2D eigenvalue weighted by Crippen LogP contribution is -2.29. The van der Waals surface area contributed by atoms with Crippen LogP contribution < -0.4 is 4.90 Å². The normalized spacial score (nSPS) is 13.0. The zero-order chi connectivity index (χ0) is 30.8. The van der Waals surface area contributed by atoms with Crippen molar-refractivity contribution in [2.75, 3.05) is 4.90 Å². The van der Waals surface area contributed by atoms with Crippen LogP contribution in [0.15, 0.2) is 159 Å². The molecule has 0 aliphatic heterocycles. The number of benzene rings is 5. The maximum atomic E-state index is 4.37. The number of nitrogens with zero attached hydrogens (tertiary/aromatic N) is 1. The molecule has 0 fully saturated rings. The van der Waals surface area contributed by atoms with Gasteiger partial charge in [0.1, 0.15) is 0 Å². The first-order valence-electron chi connectivity index (χ1n) is 15.0. The molecule has 1 aliphatic carbocycles. The number of aryl methyl sites for hydroxylation is 2. The van der Waals surface area contributed by atoms with Crippen LogP contribution in [0.25, 0.3) is 23.3 Å². The zero-order valence-electron chi connectivity index (χ0n) is 25.6. The van der Waals surface area contributed by atoms with Crippen molar-refractivity contribution in [3.8, 4) is 11.1 Å². The van der Waals surface area contributed by atoms with E-state index in [0.29, 0.717) is 0 Å². The minimum Gasteiger partial charge on any atom is -0.310 e. The molecular formula is C43H37N. The molecule has 214 valence electrons. The van der Waals surface area contributed by atoms with Crippen molar-refractivity contribution in [1.29, 1.82) is 0 Å². The molecule has 0 heterocycles. The first kappa shape index (κ1) is 28.7. The summed E-state index contributed by atoms with van der Waals surface area (Å²) >= 11 is 0. The van der Waals surface area contributed by atoms with Crippen LogP contribution in [0.2, 0.25) is 0 Å². The minimum absolute atomic E-state index is 0.555. The Hall–Kier alpha value is -5.40. The average molecular weight is 568 g/mol. The second-order valence-corrected chi connectivity index (χ2v) is 11.3. The third-order valence-corrected chi connectivity index (χ3v) is 8.75. The molecule has 1 heteroatoms. The third-order valence-electron chi connectivity index (χ3n) is 8.75. The van der Waals surface area contributed by atoms with Crippen molar-refractivity contribution in [3.63, 3.8) is 0 Å². The Morgan fingerprint density at radius 1 is 0.636 bits per heavy atom. The molecule has 0 unspecified atom stereocenters.